The predicted molar refractivity (Wildman–Crippen MR) is 73.7 cm³/mol. The van der Waals surface area contributed by atoms with Crippen molar-refractivity contribution < 1.29 is 18.3 Å². The Morgan fingerprint density at radius 3 is 2.59 bits per heavy atom. The van der Waals surface area contributed by atoms with E-state index in [-0.39, 0.29) is 11.4 Å². The molecule has 22 heavy (non-hydrogen) atoms. The molecule has 1 N–H and O–H groups in total. The first-order chi connectivity index (χ1) is 10.5. The summed E-state index contributed by atoms with van der Waals surface area (Å²) in [6.45, 7) is 0.216. The third-order valence-corrected chi connectivity index (χ3v) is 5.47. The van der Waals surface area contributed by atoms with E-state index in [0.29, 0.717) is 18.5 Å². The van der Waals surface area contributed by atoms with Gasteiger partial charge in [0, 0.05) is 6.54 Å². The number of carboxylic acid groups (broad SMARTS) is 1. The molecule has 0 saturated carbocycles. The molecule has 1 aromatic carbocycles. The Bertz CT molecular complexity index is 772. The lowest BCUT2D eigenvalue weighted by molar-refractivity contribution is -0.140. The molecule has 1 aromatic heterocycles. The molecule has 1 atom stereocenters. The number of hydrogen-bond donors (Lipinski definition) is 1. The van der Waals surface area contributed by atoms with Crippen LogP contribution >= 0.6 is 0 Å². The van der Waals surface area contributed by atoms with Crippen LogP contribution in [0, 0.1) is 0 Å². The normalized spacial score (nSPS) is 19.4. The van der Waals surface area contributed by atoms with E-state index >= 15 is 0 Å². The van der Waals surface area contributed by atoms with E-state index in [0.717, 1.165) is 4.31 Å². The molecular weight excluding hydrogens is 310 g/mol. The second-order valence-electron chi connectivity index (χ2n) is 4.86. The summed E-state index contributed by atoms with van der Waals surface area (Å²) in [7, 11) is -3.83. The second-order valence-corrected chi connectivity index (χ2v) is 6.75. The van der Waals surface area contributed by atoms with Crippen LogP contribution in [0.5, 0.6) is 0 Å². The van der Waals surface area contributed by atoms with Crippen LogP contribution in [0.3, 0.4) is 0 Å². The molecule has 3 rings (SSSR count). The zero-order valence-electron chi connectivity index (χ0n) is 11.4. The lowest BCUT2D eigenvalue weighted by Crippen LogP contribution is -2.40. The average Bonchev–Trinajstić information content (AvgIpc) is 3.19. The molecule has 0 aliphatic carbocycles. The highest BCUT2D eigenvalue weighted by Crippen LogP contribution is 2.26. The number of tetrazole rings is 1. The van der Waals surface area contributed by atoms with Gasteiger partial charge in [0.25, 0.3) is 0 Å². The van der Waals surface area contributed by atoms with E-state index in [9.17, 15) is 13.2 Å². The first-order valence-corrected chi connectivity index (χ1v) is 8.02. The number of nitrogens with zero attached hydrogens (tertiary/aromatic N) is 5. The molecule has 0 unspecified atom stereocenters. The maximum absolute atomic E-state index is 12.6. The van der Waals surface area contributed by atoms with Crippen LogP contribution in [0.4, 0.5) is 0 Å². The lowest BCUT2D eigenvalue weighted by Gasteiger charge is -2.21. The van der Waals surface area contributed by atoms with Gasteiger partial charge in [-0.25, -0.2) is 13.1 Å². The largest absolute Gasteiger partial charge is 0.480 e. The van der Waals surface area contributed by atoms with Crippen molar-refractivity contribution in [1.29, 1.82) is 0 Å². The monoisotopic (exact) mass is 323 g/mol. The minimum atomic E-state index is -3.83. The van der Waals surface area contributed by atoms with Crippen LogP contribution in [-0.4, -0.2) is 56.6 Å². The number of hydrogen-bond acceptors (Lipinski definition) is 6. The molecule has 1 aliphatic heterocycles. The van der Waals surface area contributed by atoms with Crippen molar-refractivity contribution in [3.63, 3.8) is 0 Å². The van der Waals surface area contributed by atoms with Gasteiger partial charge in [0.2, 0.25) is 10.0 Å². The Morgan fingerprint density at radius 1 is 1.27 bits per heavy atom. The third-order valence-electron chi connectivity index (χ3n) is 3.55. The molecule has 1 saturated heterocycles. The van der Waals surface area contributed by atoms with Crippen molar-refractivity contribution in [2.24, 2.45) is 0 Å². The Labute approximate surface area is 126 Å². The highest BCUT2D eigenvalue weighted by molar-refractivity contribution is 7.89. The van der Waals surface area contributed by atoms with Crippen LogP contribution < -0.4 is 0 Å². The molecule has 0 radical (unpaired) electrons. The molecule has 2 heterocycles. The Hall–Kier alpha value is -2.33. The van der Waals surface area contributed by atoms with Gasteiger partial charge in [-0.3, -0.25) is 4.79 Å². The van der Waals surface area contributed by atoms with Crippen molar-refractivity contribution in [2.45, 2.75) is 23.8 Å². The minimum absolute atomic E-state index is 0.0532. The summed E-state index contributed by atoms with van der Waals surface area (Å²) in [5.41, 5.74) is 0.611. The van der Waals surface area contributed by atoms with Crippen LogP contribution in [-0.2, 0) is 14.8 Å². The van der Waals surface area contributed by atoms with Crippen molar-refractivity contribution in [2.75, 3.05) is 6.54 Å². The fraction of sp³-hybridized carbons (Fsp3) is 0.333. The van der Waals surface area contributed by atoms with E-state index in [1.165, 1.54) is 23.1 Å². The zero-order valence-corrected chi connectivity index (χ0v) is 12.2. The molecule has 9 nitrogen and oxygen atoms in total. The second kappa shape index (κ2) is 5.46. The number of carbonyl (C=O) groups is 1. The Morgan fingerprint density at radius 2 is 2.00 bits per heavy atom. The summed E-state index contributed by atoms with van der Waals surface area (Å²) in [6.07, 6.45) is 2.26. The molecule has 1 fully saturated rings. The Kier molecular flexibility index (Phi) is 3.62. The number of aliphatic carboxylic acids is 1. The van der Waals surface area contributed by atoms with Gasteiger partial charge < -0.3 is 5.11 Å². The third kappa shape index (κ3) is 2.46. The maximum atomic E-state index is 12.6. The van der Waals surface area contributed by atoms with Crippen LogP contribution in [0.1, 0.15) is 12.8 Å². The summed E-state index contributed by atoms with van der Waals surface area (Å²) in [5.74, 6) is -1.12. The summed E-state index contributed by atoms with van der Waals surface area (Å²) < 4.78 is 27.6. The van der Waals surface area contributed by atoms with E-state index in [1.807, 2.05) is 0 Å². The first kappa shape index (κ1) is 14.6. The van der Waals surface area contributed by atoms with E-state index in [1.54, 1.807) is 12.1 Å². The zero-order chi connectivity index (χ0) is 15.7. The number of aromatic nitrogens is 4. The van der Waals surface area contributed by atoms with Gasteiger partial charge in [-0.15, -0.1) is 5.10 Å². The van der Waals surface area contributed by atoms with Crippen molar-refractivity contribution in [1.82, 2.24) is 24.5 Å². The highest BCUT2D eigenvalue weighted by Gasteiger charge is 2.39. The quantitative estimate of drug-likeness (QED) is 0.834. The molecule has 10 heteroatoms. The summed E-state index contributed by atoms with van der Waals surface area (Å²) in [5, 5.41) is 19.8. The summed E-state index contributed by atoms with van der Waals surface area (Å²) >= 11 is 0. The van der Waals surface area contributed by atoms with Crippen molar-refractivity contribution in [3.05, 3.63) is 30.6 Å². The Balaban J connectivity index is 1.91. The van der Waals surface area contributed by atoms with Crippen molar-refractivity contribution >= 4 is 16.0 Å². The number of carboxylic acids is 1. The van der Waals surface area contributed by atoms with Crippen LogP contribution in [0.25, 0.3) is 5.69 Å². The average molecular weight is 323 g/mol. The topological polar surface area (TPSA) is 118 Å². The van der Waals surface area contributed by atoms with Gasteiger partial charge in [0.15, 0.2) is 0 Å². The highest BCUT2D eigenvalue weighted by atomic mass is 32.2. The minimum Gasteiger partial charge on any atom is -0.480 e. The number of sulfonamides is 1. The van der Waals surface area contributed by atoms with E-state index in [4.69, 9.17) is 5.11 Å². The molecular formula is C12H13N5O4S. The standard InChI is InChI=1S/C12H13N5O4S/c18-12(19)11-2-1-7-17(11)22(20,21)10-5-3-9(4-6-10)16-8-13-14-15-16/h3-6,8,11H,1-2,7H2,(H,18,19)/t11-/m1/s1. The molecule has 2 aromatic rings. The number of benzene rings is 1. The SMILES string of the molecule is O=C(O)[C@H]1CCCN1S(=O)(=O)c1ccc(-n2cnnn2)cc1. The smallest absolute Gasteiger partial charge is 0.322 e. The van der Waals surface area contributed by atoms with E-state index in [2.05, 4.69) is 15.5 Å². The van der Waals surface area contributed by atoms with Gasteiger partial charge in [-0.05, 0) is 47.5 Å². The lowest BCUT2D eigenvalue weighted by atomic mass is 10.2. The van der Waals surface area contributed by atoms with Gasteiger partial charge in [0.05, 0.1) is 10.6 Å². The predicted octanol–water partition coefficient (Wildman–Crippen LogP) is -0.100. The maximum Gasteiger partial charge on any atom is 0.322 e. The van der Waals surface area contributed by atoms with Crippen LogP contribution in [0.2, 0.25) is 0 Å². The first-order valence-electron chi connectivity index (χ1n) is 6.58. The van der Waals surface area contributed by atoms with Crippen molar-refractivity contribution in [3.8, 4) is 5.69 Å². The van der Waals surface area contributed by atoms with Crippen LogP contribution in [0.15, 0.2) is 35.5 Å². The van der Waals surface area contributed by atoms with E-state index < -0.39 is 22.0 Å². The molecule has 0 amide bonds. The van der Waals surface area contributed by atoms with Gasteiger partial charge in [-0.1, -0.05) is 0 Å². The fourth-order valence-corrected chi connectivity index (χ4v) is 4.11. The summed E-state index contributed by atoms with van der Waals surface area (Å²) in [6, 6.07) is 4.97. The molecule has 0 bridgehead atoms. The molecule has 0 spiro atoms. The molecule has 1 aliphatic rings. The van der Waals surface area contributed by atoms with Gasteiger partial charge in [-0.2, -0.15) is 4.31 Å². The molecule has 116 valence electrons. The fourth-order valence-electron chi connectivity index (χ4n) is 2.46. The van der Waals surface area contributed by atoms with Gasteiger partial charge >= 0.3 is 5.97 Å². The van der Waals surface area contributed by atoms with Gasteiger partial charge in [0.1, 0.15) is 12.4 Å². The summed E-state index contributed by atoms with van der Waals surface area (Å²) in [4.78, 5) is 11.2. The number of rotatable bonds is 4.